The van der Waals surface area contributed by atoms with E-state index in [1.54, 1.807) is 11.3 Å². The van der Waals surface area contributed by atoms with Crippen LogP contribution in [0.15, 0.2) is 12.1 Å². The molecule has 1 fully saturated rings. The van der Waals surface area contributed by atoms with Gasteiger partial charge in [0.2, 0.25) is 0 Å². The fourth-order valence-corrected chi connectivity index (χ4v) is 3.65. The largest absolute Gasteiger partial charge is 0.311 e. The zero-order valence-corrected chi connectivity index (χ0v) is 12.9. The van der Waals surface area contributed by atoms with E-state index in [2.05, 4.69) is 30.1 Å². The molecule has 2 nitrogen and oxygen atoms in total. The van der Waals surface area contributed by atoms with Crippen molar-refractivity contribution in [3.63, 3.8) is 0 Å². The summed E-state index contributed by atoms with van der Waals surface area (Å²) in [7, 11) is 0. The van der Waals surface area contributed by atoms with Crippen LogP contribution in [-0.4, -0.2) is 37.1 Å². The Morgan fingerprint density at radius 3 is 3.00 bits per heavy atom. The highest BCUT2D eigenvalue weighted by atomic mass is 35.5. The Labute approximate surface area is 119 Å². The average molecular weight is 287 g/mol. The minimum Gasteiger partial charge on any atom is -0.311 e. The molecule has 0 bridgehead atoms. The number of thiophene rings is 1. The van der Waals surface area contributed by atoms with Gasteiger partial charge in [0.15, 0.2) is 0 Å². The zero-order valence-electron chi connectivity index (χ0n) is 11.3. The van der Waals surface area contributed by atoms with E-state index in [0.717, 1.165) is 29.8 Å². The van der Waals surface area contributed by atoms with E-state index in [9.17, 15) is 0 Å². The number of rotatable bonds is 5. The van der Waals surface area contributed by atoms with Crippen LogP contribution in [0.5, 0.6) is 0 Å². The normalized spacial score (nSPS) is 21.7. The summed E-state index contributed by atoms with van der Waals surface area (Å²) in [5.41, 5.74) is 0. The molecule has 2 rings (SSSR count). The van der Waals surface area contributed by atoms with Gasteiger partial charge < -0.3 is 10.2 Å². The number of hydrogen-bond donors (Lipinski definition) is 1. The van der Waals surface area contributed by atoms with Crippen LogP contribution in [0.2, 0.25) is 4.34 Å². The first kappa shape index (κ1) is 14.3. The van der Waals surface area contributed by atoms with E-state index in [-0.39, 0.29) is 0 Å². The molecule has 1 saturated heterocycles. The van der Waals surface area contributed by atoms with Crippen molar-refractivity contribution in [1.29, 1.82) is 0 Å². The van der Waals surface area contributed by atoms with Gasteiger partial charge in [-0.3, -0.25) is 0 Å². The molecule has 102 valence electrons. The number of halogens is 1. The van der Waals surface area contributed by atoms with Crippen molar-refractivity contribution < 1.29 is 0 Å². The standard InChI is InChI=1S/C14H23ClN2S/c1-11(2)9-12-10-17(8-6-16-12)7-5-13-3-4-14(15)18-13/h3-4,11-12,16H,5-10H2,1-2H3. The molecule has 0 spiro atoms. The molecule has 2 heterocycles. The van der Waals surface area contributed by atoms with E-state index in [0.29, 0.717) is 6.04 Å². The second kappa shape index (κ2) is 6.90. The number of nitrogens with zero attached hydrogens (tertiary/aromatic N) is 1. The van der Waals surface area contributed by atoms with Crippen LogP contribution in [0, 0.1) is 5.92 Å². The first-order valence-corrected chi connectivity index (χ1v) is 8.03. The van der Waals surface area contributed by atoms with E-state index in [1.165, 1.54) is 24.4 Å². The van der Waals surface area contributed by atoms with Gasteiger partial charge in [-0.25, -0.2) is 0 Å². The molecular formula is C14H23ClN2S. The molecule has 1 aromatic heterocycles. The van der Waals surface area contributed by atoms with Gasteiger partial charge in [0.1, 0.15) is 0 Å². The fraction of sp³-hybridized carbons (Fsp3) is 0.714. The lowest BCUT2D eigenvalue weighted by Gasteiger charge is -2.34. The van der Waals surface area contributed by atoms with Crippen LogP contribution >= 0.6 is 22.9 Å². The first-order chi connectivity index (χ1) is 8.63. The minimum atomic E-state index is 0.672. The molecule has 1 atom stereocenters. The van der Waals surface area contributed by atoms with Gasteiger partial charge in [-0.2, -0.15) is 0 Å². The highest BCUT2D eigenvalue weighted by Crippen LogP contribution is 2.22. The molecule has 1 aliphatic heterocycles. The van der Waals surface area contributed by atoms with E-state index < -0.39 is 0 Å². The molecule has 0 aliphatic carbocycles. The summed E-state index contributed by atoms with van der Waals surface area (Å²) in [6, 6.07) is 4.83. The number of hydrogen-bond acceptors (Lipinski definition) is 3. The van der Waals surface area contributed by atoms with Gasteiger partial charge in [-0.15, -0.1) is 11.3 Å². The molecule has 0 saturated carbocycles. The summed E-state index contributed by atoms with van der Waals surface area (Å²) < 4.78 is 0.906. The molecule has 0 amide bonds. The Bertz CT molecular complexity index is 364. The van der Waals surface area contributed by atoms with Gasteiger partial charge in [0, 0.05) is 37.1 Å². The predicted octanol–water partition coefficient (Wildman–Crippen LogP) is 3.26. The molecule has 4 heteroatoms. The maximum atomic E-state index is 5.96. The predicted molar refractivity (Wildman–Crippen MR) is 80.7 cm³/mol. The van der Waals surface area contributed by atoms with Crippen molar-refractivity contribution >= 4 is 22.9 Å². The van der Waals surface area contributed by atoms with Gasteiger partial charge in [0.05, 0.1) is 4.34 Å². The van der Waals surface area contributed by atoms with Gasteiger partial charge in [-0.05, 0) is 30.9 Å². The molecule has 0 radical (unpaired) electrons. The Balaban J connectivity index is 1.75. The van der Waals surface area contributed by atoms with Crippen LogP contribution in [0.25, 0.3) is 0 Å². The van der Waals surface area contributed by atoms with E-state index in [4.69, 9.17) is 11.6 Å². The summed E-state index contributed by atoms with van der Waals surface area (Å²) in [5, 5.41) is 3.62. The molecule has 18 heavy (non-hydrogen) atoms. The lowest BCUT2D eigenvalue weighted by atomic mass is 10.0. The minimum absolute atomic E-state index is 0.672. The summed E-state index contributed by atoms with van der Waals surface area (Å²) in [6.07, 6.45) is 2.41. The third kappa shape index (κ3) is 4.54. The van der Waals surface area contributed by atoms with Crippen LogP contribution in [0.4, 0.5) is 0 Å². The third-order valence-corrected chi connectivity index (χ3v) is 4.69. The van der Waals surface area contributed by atoms with Crippen molar-refractivity contribution in [2.45, 2.75) is 32.7 Å². The summed E-state index contributed by atoms with van der Waals surface area (Å²) >= 11 is 7.67. The average Bonchev–Trinajstić information content (AvgIpc) is 2.72. The smallest absolute Gasteiger partial charge is 0.0931 e. The number of nitrogens with one attached hydrogen (secondary N) is 1. The first-order valence-electron chi connectivity index (χ1n) is 6.83. The topological polar surface area (TPSA) is 15.3 Å². The van der Waals surface area contributed by atoms with E-state index in [1.807, 2.05) is 6.07 Å². The second-order valence-corrected chi connectivity index (χ2v) is 7.34. The van der Waals surface area contributed by atoms with Gasteiger partial charge >= 0.3 is 0 Å². The lowest BCUT2D eigenvalue weighted by Crippen LogP contribution is -2.51. The van der Waals surface area contributed by atoms with Crippen molar-refractivity contribution in [3.05, 3.63) is 21.3 Å². The van der Waals surface area contributed by atoms with Gasteiger partial charge in [-0.1, -0.05) is 25.4 Å². The lowest BCUT2D eigenvalue weighted by molar-refractivity contribution is 0.188. The molecule has 1 N–H and O–H groups in total. The van der Waals surface area contributed by atoms with Crippen LogP contribution in [0.1, 0.15) is 25.1 Å². The van der Waals surface area contributed by atoms with Crippen LogP contribution in [0.3, 0.4) is 0 Å². The second-order valence-electron chi connectivity index (χ2n) is 5.54. The van der Waals surface area contributed by atoms with Crippen molar-refractivity contribution in [2.75, 3.05) is 26.2 Å². The Morgan fingerprint density at radius 1 is 1.50 bits per heavy atom. The Morgan fingerprint density at radius 2 is 2.33 bits per heavy atom. The maximum absolute atomic E-state index is 5.96. The highest BCUT2D eigenvalue weighted by Gasteiger charge is 2.19. The monoisotopic (exact) mass is 286 g/mol. The van der Waals surface area contributed by atoms with Crippen LogP contribution in [-0.2, 0) is 6.42 Å². The summed E-state index contributed by atoms with van der Waals surface area (Å²) in [4.78, 5) is 3.98. The van der Waals surface area contributed by atoms with Crippen molar-refractivity contribution in [2.24, 2.45) is 5.92 Å². The van der Waals surface area contributed by atoms with E-state index >= 15 is 0 Å². The SMILES string of the molecule is CC(C)CC1CN(CCc2ccc(Cl)s2)CCN1. The quantitative estimate of drug-likeness (QED) is 0.894. The Hall–Kier alpha value is -0.0900. The van der Waals surface area contributed by atoms with Crippen LogP contribution < -0.4 is 5.32 Å². The third-order valence-electron chi connectivity index (χ3n) is 3.40. The molecule has 0 aromatic carbocycles. The molecule has 1 aromatic rings. The molecular weight excluding hydrogens is 264 g/mol. The molecule has 1 unspecified atom stereocenters. The Kier molecular flexibility index (Phi) is 5.49. The van der Waals surface area contributed by atoms with Crippen molar-refractivity contribution in [3.8, 4) is 0 Å². The number of piperazine rings is 1. The summed E-state index contributed by atoms with van der Waals surface area (Å²) in [5.74, 6) is 0.776. The van der Waals surface area contributed by atoms with Gasteiger partial charge in [0.25, 0.3) is 0 Å². The van der Waals surface area contributed by atoms with Crippen molar-refractivity contribution in [1.82, 2.24) is 10.2 Å². The zero-order chi connectivity index (χ0) is 13.0. The molecule has 1 aliphatic rings. The highest BCUT2D eigenvalue weighted by molar-refractivity contribution is 7.16. The summed E-state index contributed by atoms with van der Waals surface area (Å²) in [6.45, 7) is 9.25. The fourth-order valence-electron chi connectivity index (χ4n) is 2.58. The maximum Gasteiger partial charge on any atom is 0.0931 e.